The van der Waals surface area contributed by atoms with Crippen LogP contribution in [0.3, 0.4) is 0 Å². The van der Waals surface area contributed by atoms with Gasteiger partial charge in [0.05, 0.1) is 6.04 Å². The Labute approximate surface area is 144 Å². The average Bonchev–Trinajstić information content (AvgIpc) is 3.23. The number of carbonyl (C=O) groups is 1. The number of nitrogens with one attached hydrogen (secondary N) is 1. The maximum Gasteiger partial charge on any atom is 0.318 e. The van der Waals surface area contributed by atoms with Gasteiger partial charge in [-0.25, -0.2) is 13.6 Å². The van der Waals surface area contributed by atoms with E-state index in [1.54, 1.807) is 11.2 Å². The molecule has 1 saturated heterocycles. The molecule has 0 bridgehead atoms. The molecule has 0 radical (unpaired) electrons. The van der Waals surface area contributed by atoms with Gasteiger partial charge in [0.15, 0.2) is 17.5 Å². The first kappa shape index (κ1) is 17.3. The third-order valence-electron chi connectivity index (χ3n) is 4.63. The number of hydrogen-bond acceptors (Lipinski definition) is 3. The summed E-state index contributed by atoms with van der Waals surface area (Å²) >= 11 is 0. The molecule has 3 rings (SSSR count). The Morgan fingerprint density at radius 3 is 2.88 bits per heavy atom. The van der Waals surface area contributed by atoms with Crippen LogP contribution < -0.4 is 5.32 Å². The van der Waals surface area contributed by atoms with E-state index in [0.29, 0.717) is 18.7 Å². The number of benzene rings is 1. The lowest BCUT2D eigenvalue weighted by Gasteiger charge is -2.25. The summed E-state index contributed by atoms with van der Waals surface area (Å²) in [6.07, 6.45) is 3.37. The number of nitrogens with zero attached hydrogens (tertiary/aromatic N) is 4. The highest BCUT2D eigenvalue weighted by molar-refractivity contribution is 5.75. The topological polar surface area (TPSA) is 63.1 Å². The maximum atomic E-state index is 13.3. The fourth-order valence-electron chi connectivity index (χ4n) is 3.15. The third-order valence-corrected chi connectivity index (χ3v) is 4.63. The van der Waals surface area contributed by atoms with Crippen LogP contribution in [-0.4, -0.2) is 38.8 Å². The largest absolute Gasteiger partial charge is 0.337 e. The summed E-state index contributed by atoms with van der Waals surface area (Å²) in [5, 5.41) is 10.9. The number of carbonyl (C=O) groups excluding carboxylic acids is 1. The summed E-state index contributed by atoms with van der Waals surface area (Å²) in [5.41, 5.74) is 0.644. The van der Waals surface area contributed by atoms with Crippen molar-refractivity contribution < 1.29 is 13.6 Å². The zero-order valence-corrected chi connectivity index (χ0v) is 14.2. The number of rotatable bonds is 4. The predicted octanol–water partition coefficient (Wildman–Crippen LogP) is 2.74. The molecule has 1 aromatic carbocycles. The Morgan fingerprint density at radius 2 is 2.20 bits per heavy atom. The monoisotopic (exact) mass is 349 g/mol. The smallest absolute Gasteiger partial charge is 0.318 e. The van der Waals surface area contributed by atoms with Gasteiger partial charge in [-0.1, -0.05) is 13.0 Å². The molecule has 134 valence electrons. The van der Waals surface area contributed by atoms with Crippen molar-refractivity contribution in [3.8, 4) is 0 Å². The molecule has 8 heteroatoms. The first-order valence-electron chi connectivity index (χ1n) is 8.30. The first-order chi connectivity index (χ1) is 12.0. The normalized spacial score (nSPS) is 18.4. The first-order valence-corrected chi connectivity index (χ1v) is 8.30. The van der Waals surface area contributed by atoms with Crippen molar-refractivity contribution in [2.75, 3.05) is 13.1 Å². The molecular formula is C17H21F2N5O. The average molecular weight is 349 g/mol. The van der Waals surface area contributed by atoms with Gasteiger partial charge in [0.25, 0.3) is 0 Å². The van der Waals surface area contributed by atoms with E-state index in [-0.39, 0.29) is 18.0 Å². The molecule has 2 atom stereocenters. The van der Waals surface area contributed by atoms with Gasteiger partial charge in [0.1, 0.15) is 6.33 Å². The van der Waals surface area contributed by atoms with E-state index in [0.717, 1.165) is 24.7 Å². The van der Waals surface area contributed by atoms with Crippen molar-refractivity contribution in [3.05, 3.63) is 47.5 Å². The molecule has 1 aromatic heterocycles. The van der Waals surface area contributed by atoms with Gasteiger partial charge < -0.3 is 14.8 Å². The van der Waals surface area contributed by atoms with E-state index in [1.165, 1.54) is 12.1 Å². The van der Waals surface area contributed by atoms with Gasteiger partial charge in [0.2, 0.25) is 0 Å². The van der Waals surface area contributed by atoms with Gasteiger partial charge in [-0.2, -0.15) is 0 Å². The number of likely N-dealkylation sites (tertiary alicyclic amines) is 1. The zero-order chi connectivity index (χ0) is 18.0. The highest BCUT2D eigenvalue weighted by Crippen LogP contribution is 2.30. The van der Waals surface area contributed by atoms with Crippen molar-refractivity contribution in [2.24, 2.45) is 7.05 Å². The van der Waals surface area contributed by atoms with Crippen LogP contribution in [0.4, 0.5) is 13.6 Å². The van der Waals surface area contributed by atoms with Gasteiger partial charge in [-0.3, -0.25) is 0 Å². The molecule has 0 aliphatic carbocycles. The van der Waals surface area contributed by atoms with Crippen molar-refractivity contribution in [1.29, 1.82) is 0 Å². The summed E-state index contributed by atoms with van der Waals surface area (Å²) in [6, 6.07) is 3.54. The minimum Gasteiger partial charge on any atom is -0.337 e. The number of aromatic nitrogens is 3. The van der Waals surface area contributed by atoms with Gasteiger partial charge in [-0.05, 0) is 36.5 Å². The number of aryl methyl sites for hydroxylation is 1. The lowest BCUT2D eigenvalue weighted by Crippen LogP contribution is -2.41. The van der Waals surface area contributed by atoms with E-state index in [4.69, 9.17) is 0 Å². The lowest BCUT2D eigenvalue weighted by molar-refractivity contribution is 0.189. The molecule has 6 nitrogen and oxygen atoms in total. The molecule has 2 heterocycles. The van der Waals surface area contributed by atoms with E-state index < -0.39 is 11.6 Å². The quantitative estimate of drug-likeness (QED) is 0.923. The van der Waals surface area contributed by atoms with Gasteiger partial charge in [-0.15, -0.1) is 10.2 Å². The molecule has 1 aliphatic heterocycles. The number of amides is 2. The summed E-state index contributed by atoms with van der Waals surface area (Å²) < 4.78 is 28.2. The fraction of sp³-hybridized carbons (Fsp3) is 0.471. The molecule has 1 aliphatic rings. The molecule has 1 N–H and O–H groups in total. The summed E-state index contributed by atoms with van der Waals surface area (Å²) in [6.45, 7) is 2.85. The molecule has 0 unspecified atom stereocenters. The zero-order valence-electron chi connectivity index (χ0n) is 14.2. The molecule has 1 fully saturated rings. The van der Waals surface area contributed by atoms with Crippen LogP contribution in [-0.2, 0) is 7.05 Å². The fourth-order valence-corrected chi connectivity index (χ4v) is 3.15. The summed E-state index contributed by atoms with van der Waals surface area (Å²) in [4.78, 5) is 14.3. The Kier molecular flexibility index (Phi) is 4.96. The Balaban J connectivity index is 1.61. The van der Waals surface area contributed by atoms with Gasteiger partial charge in [0, 0.05) is 20.1 Å². The van der Waals surface area contributed by atoms with Gasteiger partial charge >= 0.3 is 6.03 Å². The molecule has 0 spiro atoms. The van der Waals surface area contributed by atoms with Crippen LogP contribution in [0.5, 0.6) is 0 Å². The SMILES string of the molecule is C[C@H](CNC(=O)N1CCC[C@H]1c1nncn1C)c1ccc(F)c(F)c1. The molecule has 2 amide bonds. The van der Waals surface area contributed by atoms with E-state index in [2.05, 4.69) is 15.5 Å². The molecular weight excluding hydrogens is 328 g/mol. The molecule has 2 aromatic rings. The van der Waals surface area contributed by atoms with E-state index in [1.807, 2.05) is 18.5 Å². The Hall–Kier alpha value is -2.51. The van der Waals surface area contributed by atoms with E-state index in [9.17, 15) is 13.6 Å². The summed E-state index contributed by atoms with van der Waals surface area (Å²) in [7, 11) is 1.86. The highest BCUT2D eigenvalue weighted by Gasteiger charge is 2.32. The van der Waals surface area contributed by atoms with Crippen LogP contribution in [0.15, 0.2) is 24.5 Å². The second kappa shape index (κ2) is 7.16. The second-order valence-electron chi connectivity index (χ2n) is 6.41. The van der Waals surface area contributed by atoms with Crippen LogP contribution in [0.1, 0.15) is 43.1 Å². The number of hydrogen-bond donors (Lipinski definition) is 1. The minimum atomic E-state index is -0.877. The summed E-state index contributed by atoms with van der Waals surface area (Å²) in [5.74, 6) is -1.11. The van der Waals surface area contributed by atoms with Crippen LogP contribution >= 0.6 is 0 Å². The van der Waals surface area contributed by atoms with Crippen LogP contribution in [0, 0.1) is 11.6 Å². The third kappa shape index (κ3) is 3.62. The highest BCUT2D eigenvalue weighted by atomic mass is 19.2. The number of urea groups is 1. The number of halogens is 2. The van der Waals surface area contributed by atoms with E-state index >= 15 is 0 Å². The van der Waals surface area contributed by atoms with Crippen LogP contribution in [0.2, 0.25) is 0 Å². The molecule has 0 saturated carbocycles. The van der Waals surface area contributed by atoms with Crippen LogP contribution in [0.25, 0.3) is 0 Å². The van der Waals surface area contributed by atoms with Crippen molar-refractivity contribution >= 4 is 6.03 Å². The molecule has 25 heavy (non-hydrogen) atoms. The standard InChI is InChI=1S/C17H21F2N5O/c1-11(12-5-6-13(18)14(19)8-12)9-20-17(25)24-7-3-4-15(24)16-22-21-10-23(16)2/h5-6,8,10-11,15H,3-4,7,9H2,1-2H3,(H,20,25)/t11-,15+/m1/s1. The van der Waals surface area contributed by atoms with Crippen molar-refractivity contribution in [2.45, 2.75) is 31.7 Å². The maximum absolute atomic E-state index is 13.3. The minimum absolute atomic E-state index is 0.0916. The predicted molar refractivity (Wildman–Crippen MR) is 87.9 cm³/mol. The van der Waals surface area contributed by atoms with Crippen molar-refractivity contribution in [3.63, 3.8) is 0 Å². The Bertz CT molecular complexity index is 763. The second-order valence-corrected chi connectivity index (χ2v) is 6.41. The Morgan fingerprint density at radius 1 is 1.40 bits per heavy atom. The lowest BCUT2D eigenvalue weighted by atomic mass is 10.0. The van der Waals surface area contributed by atoms with Crippen molar-refractivity contribution in [1.82, 2.24) is 25.0 Å².